The second kappa shape index (κ2) is 7.02. The van der Waals surface area contributed by atoms with Gasteiger partial charge in [-0.2, -0.15) is 5.10 Å². The van der Waals surface area contributed by atoms with Gasteiger partial charge in [0.2, 0.25) is 5.91 Å². The summed E-state index contributed by atoms with van der Waals surface area (Å²) in [4.78, 5) is 40.9. The Morgan fingerprint density at radius 3 is 2.67 bits per heavy atom. The molecule has 1 aromatic carbocycles. The Hall–Kier alpha value is -2.90. The maximum atomic E-state index is 13.0. The fourth-order valence-corrected chi connectivity index (χ4v) is 3.86. The number of aryl methyl sites for hydroxylation is 1. The molecule has 1 N–H and O–H groups in total. The van der Waals surface area contributed by atoms with Gasteiger partial charge in [0, 0.05) is 31.7 Å². The van der Waals surface area contributed by atoms with Crippen LogP contribution in [0.5, 0.6) is 0 Å². The minimum absolute atomic E-state index is 0.0210. The first-order valence-corrected chi connectivity index (χ1v) is 9.32. The van der Waals surface area contributed by atoms with Crippen LogP contribution in [0.3, 0.4) is 0 Å². The van der Waals surface area contributed by atoms with Gasteiger partial charge in [-0.3, -0.25) is 14.2 Å². The molecule has 3 heterocycles. The van der Waals surface area contributed by atoms with Gasteiger partial charge in [-0.05, 0) is 31.9 Å². The van der Waals surface area contributed by atoms with Crippen molar-refractivity contribution in [3.05, 3.63) is 51.7 Å². The van der Waals surface area contributed by atoms with Gasteiger partial charge in [0.25, 0.3) is 5.91 Å². The van der Waals surface area contributed by atoms with Gasteiger partial charge in [0.05, 0.1) is 12.5 Å². The third-order valence-corrected chi connectivity index (χ3v) is 5.43. The van der Waals surface area contributed by atoms with Gasteiger partial charge >= 0.3 is 5.69 Å². The molecule has 8 nitrogen and oxygen atoms in total. The summed E-state index contributed by atoms with van der Waals surface area (Å²) in [5, 5.41) is 6.42. The number of nitrogens with zero attached hydrogens (tertiary/aromatic N) is 4. The van der Waals surface area contributed by atoms with Crippen LogP contribution in [0.1, 0.15) is 34.6 Å². The average molecular weight is 369 g/mol. The van der Waals surface area contributed by atoms with Crippen molar-refractivity contribution in [2.24, 2.45) is 5.92 Å². The molecule has 2 aliphatic heterocycles. The summed E-state index contributed by atoms with van der Waals surface area (Å²) < 4.78 is 1.57. The van der Waals surface area contributed by atoms with Crippen molar-refractivity contribution < 1.29 is 9.59 Å². The fraction of sp³-hybridized carbons (Fsp3) is 0.474. The molecule has 0 bridgehead atoms. The largest absolute Gasteiger partial charge is 0.343 e. The summed E-state index contributed by atoms with van der Waals surface area (Å²) in [6.07, 6.45) is 1.59. The lowest BCUT2D eigenvalue weighted by molar-refractivity contribution is -0.138. The van der Waals surface area contributed by atoms with E-state index >= 15 is 0 Å². The molecular weight excluding hydrogens is 346 g/mol. The van der Waals surface area contributed by atoms with E-state index in [-0.39, 0.29) is 23.4 Å². The molecule has 0 saturated carbocycles. The molecular formula is C19H23N5O3. The van der Waals surface area contributed by atoms with Gasteiger partial charge in [0.1, 0.15) is 0 Å². The predicted molar refractivity (Wildman–Crippen MR) is 98.1 cm³/mol. The Balaban J connectivity index is 1.43. The fourth-order valence-electron chi connectivity index (χ4n) is 3.86. The van der Waals surface area contributed by atoms with Crippen molar-refractivity contribution in [1.82, 2.24) is 24.6 Å². The number of nitrogens with one attached hydrogen (secondary N) is 1. The third-order valence-electron chi connectivity index (χ3n) is 5.43. The first-order valence-electron chi connectivity index (χ1n) is 9.32. The number of piperidine rings is 1. The first kappa shape index (κ1) is 17.5. The topological polar surface area (TPSA) is 91.3 Å². The number of hydrogen-bond donors (Lipinski definition) is 1. The van der Waals surface area contributed by atoms with E-state index in [2.05, 4.69) is 10.2 Å². The zero-order valence-corrected chi connectivity index (χ0v) is 15.4. The van der Waals surface area contributed by atoms with Crippen LogP contribution < -0.4 is 5.69 Å². The van der Waals surface area contributed by atoms with E-state index in [0.29, 0.717) is 44.1 Å². The van der Waals surface area contributed by atoms with Gasteiger partial charge in [-0.25, -0.2) is 9.89 Å². The molecule has 4 rings (SSSR count). The summed E-state index contributed by atoms with van der Waals surface area (Å²) in [5.41, 5.74) is 1.54. The van der Waals surface area contributed by atoms with Crippen molar-refractivity contribution >= 4 is 11.8 Å². The molecule has 1 aromatic heterocycles. The van der Waals surface area contributed by atoms with Gasteiger partial charge in [-0.1, -0.05) is 17.7 Å². The van der Waals surface area contributed by atoms with E-state index in [1.54, 1.807) is 14.4 Å². The normalized spacial score (nSPS) is 19.7. The Morgan fingerprint density at radius 2 is 1.89 bits per heavy atom. The molecule has 0 spiro atoms. The number of likely N-dealkylation sites (tertiary alicyclic amines) is 1. The number of aromatic amines is 1. The highest BCUT2D eigenvalue weighted by Gasteiger charge is 2.33. The highest BCUT2D eigenvalue weighted by atomic mass is 16.2. The van der Waals surface area contributed by atoms with E-state index < -0.39 is 0 Å². The minimum Gasteiger partial charge on any atom is -0.338 e. The van der Waals surface area contributed by atoms with Crippen LogP contribution in [0.15, 0.2) is 29.1 Å². The van der Waals surface area contributed by atoms with E-state index in [1.165, 1.54) is 0 Å². The Labute approximate surface area is 156 Å². The number of aromatic nitrogens is 3. The molecule has 1 unspecified atom stereocenters. The highest BCUT2D eigenvalue weighted by Crippen LogP contribution is 2.22. The molecule has 27 heavy (non-hydrogen) atoms. The molecule has 142 valence electrons. The number of H-pyrrole nitrogens is 1. The van der Waals surface area contributed by atoms with E-state index in [9.17, 15) is 14.4 Å². The summed E-state index contributed by atoms with van der Waals surface area (Å²) in [6, 6.07) is 7.53. The molecule has 1 saturated heterocycles. The number of benzene rings is 1. The predicted octanol–water partition coefficient (Wildman–Crippen LogP) is 0.774. The molecule has 8 heteroatoms. The maximum Gasteiger partial charge on any atom is 0.343 e. The summed E-state index contributed by atoms with van der Waals surface area (Å²) in [7, 11) is 0. The smallest absolute Gasteiger partial charge is 0.338 e. The molecule has 0 radical (unpaired) electrons. The van der Waals surface area contributed by atoms with Crippen molar-refractivity contribution in [2.45, 2.75) is 32.9 Å². The van der Waals surface area contributed by atoms with Crippen molar-refractivity contribution in [2.75, 3.05) is 19.6 Å². The second-order valence-electron chi connectivity index (χ2n) is 7.31. The Bertz CT molecular complexity index is 914. The van der Waals surface area contributed by atoms with Gasteiger partial charge in [0.15, 0.2) is 5.82 Å². The number of hydrogen-bond acceptors (Lipinski definition) is 4. The van der Waals surface area contributed by atoms with Crippen LogP contribution in [-0.4, -0.2) is 56.0 Å². The van der Waals surface area contributed by atoms with Crippen LogP contribution in [0, 0.1) is 12.8 Å². The molecule has 2 amide bonds. The van der Waals surface area contributed by atoms with Crippen LogP contribution in [0.2, 0.25) is 0 Å². The van der Waals surface area contributed by atoms with Crippen molar-refractivity contribution in [1.29, 1.82) is 0 Å². The third kappa shape index (κ3) is 3.39. The van der Waals surface area contributed by atoms with E-state index in [4.69, 9.17) is 0 Å². The maximum absolute atomic E-state index is 13.0. The molecule has 1 atom stereocenters. The first-order chi connectivity index (χ1) is 13.0. The number of carbonyl (C=O) groups excluding carboxylic acids is 2. The minimum atomic E-state index is -0.232. The molecule has 1 fully saturated rings. The summed E-state index contributed by atoms with van der Waals surface area (Å²) in [6.45, 7) is 4.38. The quantitative estimate of drug-likeness (QED) is 0.847. The van der Waals surface area contributed by atoms with Crippen LogP contribution >= 0.6 is 0 Å². The summed E-state index contributed by atoms with van der Waals surface area (Å²) in [5.74, 6) is 0.402. The molecule has 0 aliphatic carbocycles. The lowest BCUT2D eigenvalue weighted by Gasteiger charge is -2.36. The Kier molecular flexibility index (Phi) is 4.55. The van der Waals surface area contributed by atoms with Crippen LogP contribution in [0.4, 0.5) is 0 Å². The van der Waals surface area contributed by atoms with Gasteiger partial charge in [-0.15, -0.1) is 0 Å². The zero-order valence-electron chi connectivity index (χ0n) is 15.4. The Morgan fingerprint density at radius 1 is 1.11 bits per heavy atom. The zero-order chi connectivity index (χ0) is 19.0. The monoisotopic (exact) mass is 369 g/mol. The van der Waals surface area contributed by atoms with Crippen LogP contribution in [0.25, 0.3) is 0 Å². The SMILES string of the molecule is Cc1ccc(C(=O)N2CCCC(C(=O)N3CCn4c(n[nH]c4=O)C3)C2)cc1. The van der Waals surface area contributed by atoms with E-state index in [1.807, 2.05) is 31.2 Å². The number of fused-ring (bicyclic) bond motifs is 1. The van der Waals surface area contributed by atoms with Crippen molar-refractivity contribution in [3.63, 3.8) is 0 Å². The lowest BCUT2D eigenvalue weighted by atomic mass is 9.95. The summed E-state index contributed by atoms with van der Waals surface area (Å²) >= 11 is 0. The number of amides is 2. The van der Waals surface area contributed by atoms with Crippen molar-refractivity contribution in [3.8, 4) is 0 Å². The number of carbonyl (C=O) groups is 2. The molecule has 2 aliphatic rings. The van der Waals surface area contributed by atoms with Gasteiger partial charge < -0.3 is 9.80 Å². The molecule has 2 aromatic rings. The standard InChI is InChI=1S/C19H23N5O3/c1-13-4-6-14(7-5-13)17(25)22-8-2-3-15(11-22)18(26)23-9-10-24-16(12-23)20-21-19(24)27/h4-7,15H,2-3,8-12H2,1H3,(H,21,27). The van der Waals surface area contributed by atoms with E-state index in [0.717, 1.165) is 18.4 Å². The highest BCUT2D eigenvalue weighted by molar-refractivity contribution is 5.94. The van der Waals surface area contributed by atoms with Crippen LogP contribution in [-0.2, 0) is 17.9 Å². The average Bonchev–Trinajstić information content (AvgIpc) is 3.08. The lowest BCUT2D eigenvalue weighted by Crippen LogP contribution is -2.49. The number of rotatable bonds is 2. The second-order valence-corrected chi connectivity index (χ2v) is 7.31.